The van der Waals surface area contributed by atoms with Crippen LogP contribution in [0.5, 0.6) is 0 Å². The minimum Gasteiger partial charge on any atom is -0.324 e. The van der Waals surface area contributed by atoms with Crippen LogP contribution in [-0.4, -0.2) is 21.2 Å². The van der Waals surface area contributed by atoms with Crippen LogP contribution in [0.1, 0.15) is 17.3 Å². The second-order valence-electron chi connectivity index (χ2n) is 6.66. The Morgan fingerprint density at radius 3 is 2.60 bits per heavy atom. The summed E-state index contributed by atoms with van der Waals surface area (Å²) in [7, 11) is 0. The summed E-state index contributed by atoms with van der Waals surface area (Å²) in [5.74, 6) is -0.569. The van der Waals surface area contributed by atoms with Gasteiger partial charge in [-0.25, -0.2) is 4.98 Å². The van der Waals surface area contributed by atoms with Gasteiger partial charge in [-0.15, -0.1) is 11.3 Å². The quantitative estimate of drug-likeness (QED) is 0.462. The first-order chi connectivity index (χ1) is 14.4. The lowest BCUT2D eigenvalue weighted by Gasteiger charge is -2.10. The maximum atomic E-state index is 12.9. The third kappa shape index (κ3) is 4.03. The summed E-state index contributed by atoms with van der Waals surface area (Å²) in [5, 5.41) is 3.33. The van der Waals surface area contributed by atoms with Crippen LogP contribution < -0.4 is 10.9 Å². The number of carbonyl (C=O) groups is 2. The van der Waals surface area contributed by atoms with Crippen molar-refractivity contribution >= 4 is 50.5 Å². The van der Waals surface area contributed by atoms with Gasteiger partial charge in [-0.05, 0) is 42.8 Å². The highest BCUT2D eigenvalue weighted by molar-refractivity contribution is 7.22. The normalized spacial score (nSPS) is 10.9. The smallest absolute Gasteiger partial charge is 0.271 e. The van der Waals surface area contributed by atoms with E-state index in [-0.39, 0.29) is 17.9 Å². The van der Waals surface area contributed by atoms with Crippen molar-refractivity contribution in [2.45, 2.75) is 13.5 Å². The van der Waals surface area contributed by atoms with Crippen LogP contribution in [0.4, 0.5) is 5.69 Å². The predicted octanol–water partition coefficient (Wildman–Crippen LogP) is 4.62. The standard InChI is InChI=1S/C22H16ClN3O3S/c1-13(27)16-4-2-3-5-17(16)25-20(28)11-26-12-24-18-10-19(30-21(18)22(26)29)14-6-8-15(23)9-7-14/h2-10,12H,11H2,1H3,(H,25,28). The number of aromatic nitrogens is 2. The van der Waals surface area contributed by atoms with E-state index in [1.807, 2.05) is 18.2 Å². The van der Waals surface area contributed by atoms with Crippen molar-refractivity contribution in [1.82, 2.24) is 9.55 Å². The van der Waals surface area contributed by atoms with Crippen molar-refractivity contribution < 1.29 is 9.59 Å². The first kappa shape index (κ1) is 20.0. The molecule has 2 heterocycles. The van der Waals surface area contributed by atoms with E-state index in [0.29, 0.717) is 26.5 Å². The van der Waals surface area contributed by atoms with Gasteiger partial charge in [0.05, 0.1) is 17.5 Å². The highest BCUT2D eigenvalue weighted by Crippen LogP contribution is 2.31. The molecule has 0 unspecified atom stereocenters. The van der Waals surface area contributed by atoms with Gasteiger partial charge in [0.2, 0.25) is 5.91 Å². The fourth-order valence-electron chi connectivity index (χ4n) is 3.06. The summed E-state index contributed by atoms with van der Waals surface area (Å²) < 4.78 is 1.73. The fourth-order valence-corrected chi connectivity index (χ4v) is 4.25. The molecule has 0 spiro atoms. The summed E-state index contributed by atoms with van der Waals surface area (Å²) in [6.07, 6.45) is 1.36. The predicted molar refractivity (Wildman–Crippen MR) is 119 cm³/mol. The van der Waals surface area contributed by atoms with Crippen molar-refractivity contribution in [1.29, 1.82) is 0 Å². The lowest BCUT2D eigenvalue weighted by atomic mass is 10.1. The zero-order valence-electron chi connectivity index (χ0n) is 15.9. The number of hydrogen-bond donors (Lipinski definition) is 1. The van der Waals surface area contributed by atoms with Gasteiger partial charge < -0.3 is 5.32 Å². The number of Topliss-reactive ketones (excluding diaryl/α,β-unsaturated/α-hetero) is 1. The van der Waals surface area contributed by atoms with Crippen molar-refractivity contribution in [2.24, 2.45) is 0 Å². The molecule has 0 atom stereocenters. The van der Waals surface area contributed by atoms with Crippen LogP contribution in [0.25, 0.3) is 20.7 Å². The van der Waals surface area contributed by atoms with Crippen molar-refractivity contribution in [3.05, 3.63) is 81.9 Å². The van der Waals surface area contributed by atoms with E-state index >= 15 is 0 Å². The molecule has 6 nitrogen and oxygen atoms in total. The molecule has 1 N–H and O–H groups in total. The van der Waals surface area contributed by atoms with Gasteiger partial charge in [0.1, 0.15) is 11.2 Å². The number of carbonyl (C=O) groups excluding carboxylic acids is 2. The number of para-hydroxylation sites is 1. The van der Waals surface area contributed by atoms with E-state index in [1.165, 1.54) is 29.2 Å². The molecule has 2 aromatic carbocycles. The summed E-state index contributed by atoms with van der Waals surface area (Å²) in [6.45, 7) is 1.23. The molecule has 150 valence electrons. The van der Waals surface area contributed by atoms with Crippen LogP contribution in [0.2, 0.25) is 5.02 Å². The van der Waals surface area contributed by atoms with Gasteiger partial charge in [0.25, 0.3) is 5.56 Å². The molecular formula is C22H16ClN3O3S. The zero-order chi connectivity index (χ0) is 21.3. The van der Waals surface area contributed by atoms with Gasteiger partial charge in [-0.1, -0.05) is 35.9 Å². The average molecular weight is 438 g/mol. The molecule has 0 fully saturated rings. The Morgan fingerprint density at radius 2 is 1.87 bits per heavy atom. The molecule has 0 bridgehead atoms. The number of benzene rings is 2. The van der Waals surface area contributed by atoms with Crippen LogP contribution >= 0.6 is 22.9 Å². The molecule has 1 amide bonds. The molecular weight excluding hydrogens is 422 g/mol. The number of hydrogen-bond acceptors (Lipinski definition) is 5. The lowest BCUT2D eigenvalue weighted by Crippen LogP contribution is -2.27. The monoisotopic (exact) mass is 437 g/mol. The van der Waals surface area contributed by atoms with Crippen LogP contribution in [0, 0.1) is 0 Å². The average Bonchev–Trinajstić information content (AvgIpc) is 3.16. The first-order valence-corrected chi connectivity index (χ1v) is 10.3. The number of ketones is 1. The Morgan fingerprint density at radius 1 is 1.13 bits per heavy atom. The number of rotatable bonds is 5. The molecule has 4 aromatic rings. The van der Waals surface area contributed by atoms with Gasteiger partial charge >= 0.3 is 0 Å². The second kappa shape index (κ2) is 8.22. The summed E-state index contributed by atoms with van der Waals surface area (Å²) in [5.41, 5.74) is 2.05. The van der Waals surface area contributed by atoms with Gasteiger partial charge in [0.15, 0.2) is 5.78 Å². The van der Waals surface area contributed by atoms with Crippen LogP contribution in [-0.2, 0) is 11.3 Å². The Bertz CT molecular complexity index is 1330. The Hall–Kier alpha value is -3.29. The first-order valence-electron chi connectivity index (χ1n) is 9.07. The largest absolute Gasteiger partial charge is 0.324 e. The molecule has 0 saturated heterocycles. The minimum atomic E-state index is -0.415. The van der Waals surface area contributed by atoms with Crippen molar-refractivity contribution in [2.75, 3.05) is 5.32 Å². The van der Waals surface area contributed by atoms with E-state index in [2.05, 4.69) is 10.3 Å². The highest BCUT2D eigenvalue weighted by Gasteiger charge is 2.14. The van der Waals surface area contributed by atoms with Gasteiger partial charge in [-0.2, -0.15) is 0 Å². The highest BCUT2D eigenvalue weighted by atomic mass is 35.5. The number of nitrogens with zero attached hydrogens (tertiary/aromatic N) is 2. The maximum Gasteiger partial charge on any atom is 0.271 e. The Labute approximate surface area is 180 Å². The van der Waals surface area contributed by atoms with E-state index in [4.69, 9.17) is 11.6 Å². The third-order valence-electron chi connectivity index (χ3n) is 4.53. The second-order valence-corrected chi connectivity index (χ2v) is 8.15. The van der Waals surface area contributed by atoms with Crippen molar-refractivity contribution in [3.63, 3.8) is 0 Å². The molecule has 8 heteroatoms. The minimum absolute atomic E-state index is 0.153. The third-order valence-corrected chi connectivity index (χ3v) is 5.94. The number of amides is 1. The molecule has 0 saturated carbocycles. The topological polar surface area (TPSA) is 81.1 Å². The fraction of sp³-hybridized carbons (Fsp3) is 0.0909. The van der Waals surface area contributed by atoms with Crippen molar-refractivity contribution in [3.8, 4) is 10.4 Å². The number of anilines is 1. The van der Waals surface area contributed by atoms with E-state index in [1.54, 1.807) is 36.4 Å². The molecule has 2 aromatic heterocycles. The number of halogens is 1. The summed E-state index contributed by atoms with van der Waals surface area (Å²) in [6, 6.07) is 15.9. The van der Waals surface area contributed by atoms with E-state index < -0.39 is 5.91 Å². The van der Waals surface area contributed by atoms with E-state index in [0.717, 1.165) is 10.4 Å². The molecule has 30 heavy (non-hydrogen) atoms. The number of thiophene rings is 1. The number of nitrogens with one attached hydrogen (secondary N) is 1. The molecule has 0 aliphatic heterocycles. The molecule has 4 rings (SSSR count). The summed E-state index contributed by atoms with van der Waals surface area (Å²) in [4.78, 5) is 42.3. The molecule has 0 radical (unpaired) electrons. The Kier molecular flexibility index (Phi) is 5.48. The van der Waals surface area contributed by atoms with Crippen LogP contribution in [0.3, 0.4) is 0 Å². The van der Waals surface area contributed by atoms with E-state index in [9.17, 15) is 14.4 Å². The summed E-state index contributed by atoms with van der Waals surface area (Å²) >= 11 is 7.26. The SMILES string of the molecule is CC(=O)c1ccccc1NC(=O)Cn1cnc2cc(-c3ccc(Cl)cc3)sc2c1=O. The molecule has 0 aliphatic carbocycles. The van der Waals surface area contributed by atoms with Gasteiger partial charge in [0, 0.05) is 15.5 Å². The lowest BCUT2D eigenvalue weighted by molar-refractivity contribution is -0.116. The number of fused-ring (bicyclic) bond motifs is 1. The Balaban J connectivity index is 1.60. The maximum absolute atomic E-state index is 12.9. The van der Waals surface area contributed by atoms with Gasteiger partial charge in [-0.3, -0.25) is 19.0 Å². The molecule has 0 aliphatic rings. The van der Waals surface area contributed by atoms with Crippen LogP contribution in [0.15, 0.2) is 65.7 Å². The zero-order valence-corrected chi connectivity index (χ0v) is 17.5.